The maximum Gasteiger partial charge on any atom is 0.237 e. The molecular weight excluding hydrogens is 212 g/mol. The second-order valence-electron chi connectivity index (χ2n) is 3.53. The van der Waals surface area contributed by atoms with Crippen molar-refractivity contribution in [2.75, 3.05) is 13.6 Å². The maximum absolute atomic E-state index is 11.8. The first-order valence-corrected chi connectivity index (χ1v) is 4.94. The summed E-state index contributed by atoms with van der Waals surface area (Å²) in [5.41, 5.74) is 10.4. The average molecular weight is 230 g/mol. The summed E-state index contributed by atoms with van der Waals surface area (Å²) < 4.78 is 0. The van der Waals surface area contributed by atoms with Gasteiger partial charge in [-0.2, -0.15) is 0 Å². The van der Waals surface area contributed by atoms with Gasteiger partial charge in [0.1, 0.15) is 0 Å². The Balaban J connectivity index is 4.67. The molecule has 0 radical (unpaired) electrons. The zero-order chi connectivity index (χ0) is 12.7. The fraction of sp³-hybridized carbons (Fsp3) is 0.667. The first kappa shape index (κ1) is 14.2. The summed E-state index contributed by atoms with van der Waals surface area (Å²) in [6, 6.07) is 0. The molecule has 0 saturated heterocycles. The van der Waals surface area contributed by atoms with Gasteiger partial charge in [-0.3, -0.25) is 9.59 Å². The third kappa shape index (κ3) is 4.16. The van der Waals surface area contributed by atoms with Gasteiger partial charge in [0.25, 0.3) is 0 Å². The Hall–Kier alpha value is -1.79. The zero-order valence-corrected chi connectivity index (χ0v) is 9.51. The van der Waals surface area contributed by atoms with Crippen molar-refractivity contribution in [1.82, 2.24) is 4.90 Å². The van der Waals surface area contributed by atoms with Gasteiger partial charge in [0.05, 0.1) is 12.5 Å². The molecule has 5 N–H and O–H groups in total. The Morgan fingerprint density at radius 2 is 2.00 bits per heavy atom. The van der Waals surface area contributed by atoms with Gasteiger partial charge in [0, 0.05) is 7.05 Å². The lowest BCUT2D eigenvalue weighted by molar-refractivity contribution is -0.135. The number of amidine groups is 1. The summed E-state index contributed by atoms with van der Waals surface area (Å²) >= 11 is 0. The van der Waals surface area contributed by atoms with Crippen LogP contribution in [0, 0.1) is 5.92 Å². The number of hydrogen-bond acceptors (Lipinski definition) is 4. The van der Waals surface area contributed by atoms with Gasteiger partial charge in [-0.15, -0.1) is 0 Å². The van der Waals surface area contributed by atoms with Crippen LogP contribution in [0.2, 0.25) is 0 Å². The van der Waals surface area contributed by atoms with Crippen LogP contribution in [0.4, 0.5) is 0 Å². The number of hydrogen-bond donors (Lipinski definition) is 3. The molecule has 1 atom stereocenters. The molecule has 0 aromatic heterocycles. The first-order valence-electron chi connectivity index (χ1n) is 4.94. The number of nitrogens with two attached hydrogens (primary N) is 2. The molecule has 2 amide bonds. The summed E-state index contributed by atoms with van der Waals surface area (Å²) in [5.74, 6) is -1.84. The Morgan fingerprint density at radius 3 is 2.38 bits per heavy atom. The average Bonchev–Trinajstić information content (AvgIpc) is 2.23. The minimum atomic E-state index is -0.709. The molecule has 0 fully saturated rings. The van der Waals surface area contributed by atoms with E-state index in [-0.39, 0.29) is 18.3 Å². The minimum absolute atomic E-state index is 0.150. The first-order chi connectivity index (χ1) is 7.43. The van der Waals surface area contributed by atoms with Gasteiger partial charge >= 0.3 is 0 Å². The number of primary amides is 1. The highest BCUT2D eigenvalue weighted by Gasteiger charge is 2.25. The number of carbonyl (C=O) groups excluding carboxylic acids is 2. The Morgan fingerprint density at radius 1 is 1.44 bits per heavy atom. The van der Waals surface area contributed by atoms with Crippen LogP contribution in [0.3, 0.4) is 0 Å². The van der Waals surface area contributed by atoms with E-state index in [2.05, 4.69) is 5.16 Å². The third-order valence-electron chi connectivity index (χ3n) is 2.12. The van der Waals surface area contributed by atoms with Crippen LogP contribution < -0.4 is 11.5 Å². The van der Waals surface area contributed by atoms with Crippen molar-refractivity contribution in [3.8, 4) is 0 Å². The highest BCUT2D eigenvalue weighted by atomic mass is 16.4. The van der Waals surface area contributed by atoms with Crippen molar-refractivity contribution in [3.05, 3.63) is 0 Å². The fourth-order valence-electron chi connectivity index (χ4n) is 1.33. The van der Waals surface area contributed by atoms with E-state index in [1.165, 1.54) is 11.9 Å². The van der Waals surface area contributed by atoms with Gasteiger partial charge in [-0.05, 0) is 6.42 Å². The molecule has 0 heterocycles. The molecule has 0 aliphatic carbocycles. The fourth-order valence-corrected chi connectivity index (χ4v) is 1.33. The van der Waals surface area contributed by atoms with Gasteiger partial charge in [0.2, 0.25) is 11.8 Å². The molecule has 0 spiro atoms. The monoisotopic (exact) mass is 230 g/mol. The standard InChI is InChI=1S/C9H18N4O3/c1-3-4-6(8(11)12-16)9(15)13(2)5-7(10)14/h6,16H,3-5H2,1-2H3,(H2,10,14)(H2,11,12). The van der Waals surface area contributed by atoms with E-state index < -0.39 is 11.8 Å². The molecule has 16 heavy (non-hydrogen) atoms. The topological polar surface area (TPSA) is 122 Å². The molecule has 0 aromatic rings. The van der Waals surface area contributed by atoms with Crippen LogP contribution in [0.15, 0.2) is 5.16 Å². The smallest absolute Gasteiger partial charge is 0.237 e. The molecule has 0 bridgehead atoms. The van der Waals surface area contributed by atoms with Crippen LogP contribution in [-0.4, -0.2) is 41.3 Å². The second kappa shape index (κ2) is 6.65. The van der Waals surface area contributed by atoms with Crippen molar-refractivity contribution >= 4 is 17.6 Å². The van der Waals surface area contributed by atoms with Crippen molar-refractivity contribution in [3.63, 3.8) is 0 Å². The quantitative estimate of drug-likeness (QED) is 0.237. The van der Waals surface area contributed by atoms with Crippen LogP contribution >= 0.6 is 0 Å². The number of oxime groups is 1. The highest BCUT2D eigenvalue weighted by Crippen LogP contribution is 2.10. The van der Waals surface area contributed by atoms with E-state index in [1.54, 1.807) is 0 Å². The van der Waals surface area contributed by atoms with E-state index in [4.69, 9.17) is 16.7 Å². The molecule has 0 rings (SSSR count). The molecule has 0 saturated carbocycles. The molecule has 0 aromatic carbocycles. The van der Waals surface area contributed by atoms with Gasteiger partial charge in [-0.1, -0.05) is 18.5 Å². The Kier molecular flexibility index (Phi) is 5.91. The number of likely N-dealkylation sites (N-methyl/N-ethyl adjacent to an activating group) is 1. The Bertz CT molecular complexity index is 290. The summed E-state index contributed by atoms with van der Waals surface area (Å²) in [6.07, 6.45) is 1.16. The Labute approximate surface area is 94.1 Å². The third-order valence-corrected chi connectivity index (χ3v) is 2.12. The highest BCUT2D eigenvalue weighted by molar-refractivity contribution is 6.02. The molecule has 0 aliphatic heterocycles. The van der Waals surface area contributed by atoms with E-state index >= 15 is 0 Å². The van der Waals surface area contributed by atoms with Crippen molar-refractivity contribution in [2.45, 2.75) is 19.8 Å². The van der Waals surface area contributed by atoms with Gasteiger partial charge < -0.3 is 21.6 Å². The number of amides is 2. The predicted molar refractivity (Wildman–Crippen MR) is 58.6 cm³/mol. The van der Waals surface area contributed by atoms with E-state index in [1.807, 2.05) is 6.92 Å². The van der Waals surface area contributed by atoms with Gasteiger partial charge in [0.15, 0.2) is 5.84 Å². The summed E-state index contributed by atoms with van der Waals surface area (Å²) in [7, 11) is 1.44. The van der Waals surface area contributed by atoms with Crippen molar-refractivity contribution in [2.24, 2.45) is 22.5 Å². The summed E-state index contributed by atoms with van der Waals surface area (Å²) in [4.78, 5) is 23.6. The molecule has 7 heteroatoms. The predicted octanol–water partition coefficient (Wildman–Crippen LogP) is -0.907. The lowest BCUT2D eigenvalue weighted by atomic mass is 10.0. The lowest BCUT2D eigenvalue weighted by Crippen LogP contribution is -2.43. The maximum atomic E-state index is 11.8. The summed E-state index contributed by atoms with van der Waals surface area (Å²) in [6.45, 7) is 1.69. The summed E-state index contributed by atoms with van der Waals surface area (Å²) in [5, 5.41) is 11.4. The van der Waals surface area contributed by atoms with Crippen LogP contribution in [0.25, 0.3) is 0 Å². The number of rotatable bonds is 6. The number of nitrogens with zero attached hydrogens (tertiary/aromatic N) is 2. The molecular formula is C9H18N4O3. The molecule has 7 nitrogen and oxygen atoms in total. The van der Waals surface area contributed by atoms with Crippen LogP contribution in [0.5, 0.6) is 0 Å². The van der Waals surface area contributed by atoms with Crippen LogP contribution in [-0.2, 0) is 9.59 Å². The zero-order valence-electron chi connectivity index (χ0n) is 9.51. The minimum Gasteiger partial charge on any atom is -0.409 e. The second-order valence-corrected chi connectivity index (χ2v) is 3.53. The molecule has 1 unspecified atom stereocenters. The van der Waals surface area contributed by atoms with Gasteiger partial charge in [-0.25, -0.2) is 0 Å². The lowest BCUT2D eigenvalue weighted by Gasteiger charge is -2.21. The normalized spacial score (nSPS) is 13.2. The van der Waals surface area contributed by atoms with Crippen molar-refractivity contribution < 1.29 is 14.8 Å². The molecule has 92 valence electrons. The largest absolute Gasteiger partial charge is 0.409 e. The van der Waals surface area contributed by atoms with E-state index in [0.29, 0.717) is 12.8 Å². The van der Waals surface area contributed by atoms with Crippen molar-refractivity contribution in [1.29, 1.82) is 0 Å². The number of carbonyl (C=O) groups is 2. The van der Waals surface area contributed by atoms with E-state index in [0.717, 1.165) is 0 Å². The van der Waals surface area contributed by atoms with E-state index in [9.17, 15) is 9.59 Å². The van der Waals surface area contributed by atoms with Crippen LogP contribution in [0.1, 0.15) is 19.8 Å². The SMILES string of the molecule is CCCC(C(=O)N(C)CC(N)=O)C(N)=NO. The molecule has 0 aliphatic rings.